The van der Waals surface area contributed by atoms with Crippen LogP contribution in [0.5, 0.6) is 0 Å². The first-order chi connectivity index (χ1) is 8.02. The van der Waals surface area contributed by atoms with Crippen molar-refractivity contribution >= 4 is 0 Å². The fourth-order valence-corrected chi connectivity index (χ4v) is 2.15. The Morgan fingerprint density at radius 2 is 1.00 bits per heavy atom. The molecule has 1 spiro atoms. The van der Waals surface area contributed by atoms with E-state index < -0.39 is 0 Å². The smallest absolute Gasteiger partial charge is 0.159 e. The van der Waals surface area contributed by atoms with Crippen molar-refractivity contribution in [2.75, 3.05) is 26.4 Å². The summed E-state index contributed by atoms with van der Waals surface area (Å²) in [7, 11) is 0. The highest BCUT2D eigenvalue weighted by Gasteiger charge is 2.42. The summed E-state index contributed by atoms with van der Waals surface area (Å²) in [5, 5.41) is 0. The molecular weight excluding hydrogens is 220 g/mol. The number of hydrogen-bond donors (Lipinski definition) is 0. The highest BCUT2D eigenvalue weighted by molar-refractivity contribution is 4.85. The van der Waals surface area contributed by atoms with E-state index in [0.717, 1.165) is 0 Å². The van der Waals surface area contributed by atoms with E-state index in [9.17, 15) is 0 Å². The third-order valence-corrected chi connectivity index (χ3v) is 3.30. The molecule has 0 aromatic rings. The largest absolute Gasteiger partial charge is 0.352 e. The Balaban J connectivity index is 1.84. The zero-order valence-electron chi connectivity index (χ0n) is 11.3. The average Bonchev–Trinajstić information content (AvgIpc) is 2.30. The summed E-state index contributed by atoms with van der Waals surface area (Å²) in [6, 6.07) is 0. The van der Waals surface area contributed by atoms with Crippen LogP contribution in [0.2, 0.25) is 0 Å². The van der Waals surface area contributed by atoms with Gasteiger partial charge in [-0.05, 0) is 0 Å². The average molecular weight is 244 g/mol. The minimum atomic E-state index is -0.100. The van der Waals surface area contributed by atoms with Gasteiger partial charge in [0.2, 0.25) is 0 Å². The lowest BCUT2D eigenvalue weighted by molar-refractivity contribution is -0.315. The van der Waals surface area contributed by atoms with Crippen LogP contribution in [0.25, 0.3) is 0 Å². The predicted molar refractivity (Wildman–Crippen MR) is 63.5 cm³/mol. The van der Waals surface area contributed by atoms with Gasteiger partial charge < -0.3 is 18.9 Å². The van der Waals surface area contributed by atoms with Crippen molar-refractivity contribution in [2.45, 2.75) is 40.3 Å². The van der Waals surface area contributed by atoms with Crippen molar-refractivity contribution in [1.29, 1.82) is 0 Å². The van der Waals surface area contributed by atoms with Crippen molar-refractivity contribution in [1.82, 2.24) is 0 Å². The van der Waals surface area contributed by atoms with Crippen molar-refractivity contribution in [3.05, 3.63) is 0 Å². The van der Waals surface area contributed by atoms with E-state index in [1.54, 1.807) is 0 Å². The van der Waals surface area contributed by atoms with Crippen molar-refractivity contribution in [2.24, 2.45) is 17.3 Å². The van der Waals surface area contributed by atoms with Gasteiger partial charge in [-0.1, -0.05) is 27.7 Å². The van der Waals surface area contributed by atoms with Crippen LogP contribution in [-0.4, -0.2) is 39.0 Å². The molecule has 2 fully saturated rings. The molecule has 100 valence electrons. The molecule has 0 N–H and O–H groups in total. The van der Waals surface area contributed by atoms with E-state index in [0.29, 0.717) is 38.3 Å². The van der Waals surface area contributed by atoms with Gasteiger partial charge in [-0.15, -0.1) is 0 Å². The lowest BCUT2D eigenvalue weighted by Gasteiger charge is -2.45. The van der Waals surface area contributed by atoms with E-state index >= 15 is 0 Å². The van der Waals surface area contributed by atoms with E-state index in [2.05, 4.69) is 27.7 Å². The first-order valence-electron chi connectivity index (χ1n) is 6.49. The second-order valence-corrected chi connectivity index (χ2v) is 5.97. The molecule has 0 unspecified atom stereocenters. The van der Waals surface area contributed by atoms with Crippen LogP contribution in [0, 0.1) is 17.3 Å². The molecule has 0 bridgehead atoms. The van der Waals surface area contributed by atoms with Crippen molar-refractivity contribution in [3.63, 3.8) is 0 Å². The van der Waals surface area contributed by atoms with Crippen LogP contribution in [0.1, 0.15) is 27.7 Å². The molecule has 0 saturated carbocycles. The van der Waals surface area contributed by atoms with E-state index in [4.69, 9.17) is 18.9 Å². The highest BCUT2D eigenvalue weighted by Crippen LogP contribution is 2.32. The first kappa shape index (κ1) is 13.3. The number of ether oxygens (including phenoxy) is 4. The van der Waals surface area contributed by atoms with Crippen LogP contribution in [-0.2, 0) is 18.9 Å². The summed E-state index contributed by atoms with van der Waals surface area (Å²) in [5.41, 5.74) is -0.100. The van der Waals surface area contributed by atoms with Crippen molar-refractivity contribution < 1.29 is 18.9 Å². The molecule has 4 heteroatoms. The zero-order chi connectivity index (χ0) is 12.5. The summed E-state index contributed by atoms with van der Waals surface area (Å²) in [6.07, 6.45) is -0.160. The molecule has 0 aromatic carbocycles. The SMILES string of the molecule is CC(C)C1OCC2(CO1)COC(C(C)C)OC2. The normalized spacial score (nSPS) is 39.2. The minimum Gasteiger partial charge on any atom is -0.352 e. The molecule has 2 saturated heterocycles. The van der Waals surface area contributed by atoms with Gasteiger partial charge in [0.25, 0.3) is 0 Å². The van der Waals surface area contributed by atoms with Gasteiger partial charge in [0.15, 0.2) is 12.6 Å². The lowest BCUT2D eigenvalue weighted by atomic mass is 9.90. The second kappa shape index (κ2) is 5.22. The Labute approximate surface area is 104 Å². The molecule has 2 aliphatic heterocycles. The summed E-state index contributed by atoms with van der Waals surface area (Å²) in [6.45, 7) is 11.1. The molecule has 4 nitrogen and oxygen atoms in total. The Bertz CT molecular complexity index is 206. The van der Waals surface area contributed by atoms with Gasteiger partial charge in [0.05, 0.1) is 31.8 Å². The number of hydrogen-bond acceptors (Lipinski definition) is 4. The molecule has 17 heavy (non-hydrogen) atoms. The minimum absolute atomic E-state index is 0.0801. The summed E-state index contributed by atoms with van der Waals surface area (Å²) in [5.74, 6) is 0.780. The van der Waals surface area contributed by atoms with Gasteiger partial charge >= 0.3 is 0 Å². The Morgan fingerprint density at radius 3 is 1.24 bits per heavy atom. The molecule has 2 rings (SSSR count). The van der Waals surface area contributed by atoms with E-state index in [1.807, 2.05) is 0 Å². The third kappa shape index (κ3) is 2.99. The van der Waals surface area contributed by atoms with E-state index in [1.165, 1.54) is 0 Å². The molecule has 2 aliphatic rings. The highest BCUT2D eigenvalue weighted by atomic mass is 16.7. The van der Waals surface area contributed by atoms with Gasteiger partial charge in [-0.25, -0.2) is 0 Å². The fourth-order valence-electron chi connectivity index (χ4n) is 2.15. The zero-order valence-corrected chi connectivity index (χ0v) is 11.3. The van der Waals surface area contributed by atoms with Crippen LogP contribution in [0.15, 0.2) is 0 Å². The fraction of sp³-hybridized carbons (Fsp3) is 1.00. The first-order valence-corrected chi connectivity index (χ1v) is 6.49. The second-order valence-electron chi connectivity index (χ2n) is 5.97. The van der Waals surface area contributed by atoms with Crippen LogP contribution in [0.3, 0.4) is 0 Å². The Morgan fingerprint density at radius 1 is 0.706 bits per heavy atom. The van der Waals surface area contributed by atoms with Crippen molar-refractivity contribution in [3.8, 4) is 0 Å². The maximum absolute atomic E-state index is 5.75. The van der Waals surface area contributed by atoms with Crippen LogP contribution in [0.4, 0.5) is 0 Å². The van der Waals surface area contributed by atoms with Crippen LogP contribution >= 0.6 is 0 Å². The summed E-state index contributed by atoms with van der Waals surface area (Å²) < 4.78 is 23.0. The van der Waals surface area contributed by atoms with Crippen LogP contribution < -0.4 is 0 Å². The van der Waals surface area contributed by atoms with Gasteiger partial charge in [0, 0.05) is 11.8 Å². The molecule has 0 aliphatic carbocycles. The molecule has 2 heterocycles. The maximum atomic E-state index is 5.75. The molecule has 0 amide bonds. The van der Waals surface area contributed by atoms with Gasteiger partial charge in [0.1, 0.15) is 0 Å². The monoisotopic (exact) mass is 244 g/mol. The molecule has 0 atom stereocenters. The predicted octanol–water partition coefficient (Wildman–Crippen LogP) is 2.03. The summed E-state index contributed by atoms with van der Waals surface area (Å²) in [4.78, 5) is 0. The molecular formula is C13H24O4. The van der Waals surface area contributed by atoms with E-state index in [-0.39, 0.29) is 18.0 Å². The summed E-state index contributed by atoms with van der Waals surface area (Å²) >= 11 is 0. The maximum Gasteiger partial charge on any atom is 0.159 e. The standard InChI is InChI=1S/C13H24O4/c1-9(2)11-14-5-13(6-15-11)7-16-12(10(3)4)17-8-13/h9-12H,5-8H2,1-4H3. The lowest BCUT2D eigenvalue weighted by Crippen LogP contribution is -2.53. The Hall–Kier alpha value is -0.160. The number of rotatable bonds is 2. The van der Waals surface area contributed by atoms with Gasteiger partial charge in [-0.3, -0.25) is 0 Å². The van der Waals surface area contributed by atoms with Gasteiger partial charge in [-0.2, -0.15) is 0 Å². The molecule has 0 radical (unpaired) electrons. The topological polar surface area (TPSA) is 36.9 Å². The molecule has 0 aromatic heterocycles. The Kier molecular flexibility index (Phi) is 4.08. The third-order valence-electron chi connectivity index (χ3n) is 3.30. The quantitative estimate of drug-likeness (QED) is 0.745.